The summed E-state index contributed by atoms with van der Waals surface area (Å²) in [5.41, 5.74) is 3.06. The van der Waals surface area contributed by atoms with Gasteiger partial charge in [-0.1, -0.05) is 19.9 Å². The topological polar surface area (TPSA) is 80.2 Å². The molecular formula is C25H22F2N6. The van der Waals surface area contributed by atoms with Crippen molar-refractivity contribution < 1.29 is 8.78 Å². The molecule has 2 aliphatic carbocycles. The van der Waals surface area contributed by atoms with Crippen LogP contribution in [-0.4, -0.2) is 30.4 Å². The van der Waals surface area contributed by atoms with E-state index < -0.39 is 17.0 Å². The fourth-order valence-electron chi connectivity index (χ4n) is 6.03. The van der Waals surface area contributed by atoms with E-state index in [1.807, 2.05) is 25.1 Å². The van der Waals surface area contributed by atoms with Crippen LogP contribution in [0.4, 0.5) is 8.78 Å². The molecule has 0 unspecified atom stereocenters. The number of nitrogens with one attached hydrogen (secondary N) is 1. The van der Waals surface area contributed by atoms with Crippen LogP contribution in [0.2, 0.25) is 0 Å². The summed E-state index contributed by atoms with van der Waals surface area (Å²) in [5.74, 6) is 0.269. The molecule has 2 bridgehead atoms. The third-order valence-electron chi connectivity index (χ3n) is 7.65. The highest BCUT2D eigenvalue weighted by Gasteiger charge is 2.65. The van der Waals surface area contributed by atoms with E-state index >= 15 is 0 Å². The maximum Gasteiger partial charge on any atom is 0.181 e. The van der Waals surface area contributed by atoms with Crippen LogP contribution in [0.25, 0.3) is 22.6 Å². The third kappa shape index (κ3) is 2.60. The summed E-state index contributed by atoms with van der Waals surface area (Å²) in [6, 6.07) is 9.58. The predicted octanol–water partition coefficient (Wildman–Crippen LogP) is 5.11. The van der Waals surface area contributed by atoms with Gasteiger partial charge in [-0.05, 0) is 67.0 Å². The Labute approximate surface area is 189 Å². The van der Waals surface area contributed by atoms with E-state index in [0.717, 1.165) is 41.2 Å². The number of aromatic amines is 1. The Morgan fingerprint density at radius 1 is 1.06 bits per heavy atom. The van der Waals surface area contributed by atoms with Gasteiger partial charge in [-0.15, -0.1) is 5.10 Å². The fourth-order valence-corrected chi connectivity index (χ4v) is 6.03. The number of rotatable bonds is 3. The number of nitrogens with zero attached hydrogens (tertiary/aromatic N) is 5. The standard InChI is InChI=1S/C25H22F2N6/c1-13-29-23(33-30-13)14-8-10-28-20(11-14)25-9-7-16(24(25,2)3)15-12-19(31-32-22(15)25)21-17(26)5-4-6-18(21)27/h4-6,8,10-12,16H,7,9H2,1-3H3,(H,29,30,33)/t16-,25+/m0/s1. The number of hydrogen-bond donors (Lipinski definition) is 1. The number of benzene rings is 1. The molecule has 6 rings (SSSR count). The number of hydrogen-bond acceptors (Lipinski definition) is 5. The minimum absolute atomic E-state index is 0.137. The lowest BCUT2D eigenvalue weighted by Gasteiger charge is -2.37. The molecule has 4 aromatic rings. The van der Waals surface area contributed by atoms with Crippen LogP contribution < -0.4 is 0 Å². The molecule has 0 aliphatic heterocycles. The van der Waals surface area contributed by atoms with Crippen LogP contribution in [0.3, 0.4) is 0 Å². The molecule has 3 aromatic heterocycles. The molecule has 1 N–H and O–H groups in total. The molecule has 0 saturated heterocycles. The van der Waals surface area contributed by atoms with Gasteiger partial charge in [0, 0.05) is 11.8 Å². The van der Waals surface area contributed by atoms with E-state index in [1.54, 1.807) is 6.20 Å². The average molecular weight is 444 g/mol. The summed E-state index contributed by atoms with van der Waals surface area (Å²) in [6.07, 6.45) is 3.60. The van der Waals surface area contributed by atoms with Gasteiger partial charge in [0.1, 0.15) is 17.5 Å². The SMILES string of the molecule is Cc1nc(-c2ccnc([C@]34CC[C@@H](c5cc(-c6c(F)cccc6F)nnc53)C4(C)C)c2)n[nH]1. The Bertz CT molecular complexity index is 1390. The smallest absolute Gasteiger partial charge is 0.181 e. The van der Waals surface area contributed by atoms with E-state index in [1.165, 1.54) is 18.2 Å². The number of aryl methyl sites for hydroxylation is 1. The van der Waals surface area contributed by atoms with E-state index in [4.69, 9.17) is 4.98 Å². The summed E-state index contributed by atoms with van der Waals surface area (Å²) in [6.45, 7) is 6.31. The number of aromatic nitrogens is 6. The molecule has 1 saturated carbocycles. The minimum atomic E-state index is -0.641. The van der Waals surface area contributed by atoms with Crippen LogP contribution in [-0.2, 0) is 5.41 Å². The lowest BCUT2D eigenvalue weighted by molar-refractivity contribution is 0.243. The Morgan fingerprint density at radius 3 is 2.58 bits per heavy atom. The van der Waals surface area contributed by atoms with Gasteiger partial charge in [0.25, 0.3) is 0 Å². The second kappa shape index (κ2) is 6.73. The maximum absolute atomic E-state index is 14.4. The van der Waals surface area contributed by atoms with Crippen molar-refractivity contribution in [2.24, 2.45) is 5.41 Å². The highest BCUT2D eigenvalue weighted by Crippen LogP contribution is 2.69. The van der Waals surface area contributed by atoms with Crippen molar-refractivity contribution in [1.82, 2.24) is 30.4 Å². The highest BCUT2D eigenvalue weighted by molar-refractivity contribution is 5.65. The van der Waals surface area contributed by atoms with E-state index in [-0.39, 0.29) is 22.6 Å². The number of halogens is 2. The summed E-state index contributed by atoms with van der Waals surface area (Å²) >= 11 is 0. The normalized spacial score (nSPS) is 22.5. The average Bonchev–Trinajstić information content (AvgIpc) is 3.40. The molecule has 0 radical (unpaired) electrons. The summed E-state index contributed by atoms with van der Waals surface area (Å²) in [5, 5.41) is 16.1. The second-order valence-electron chi connectivity index (χ2n) is 9.52. The van der Waals surface area contributed by atoms with Gasteiger partial charge in [-0.3, -0.25) is 10.1 Å². The van der Waals surface area contributed by atoms with Crippen molar-refractivity contribution in [3.05, 3.63) is 77.0 Å². The molecule has 2 atom stereocenters. The molecule has 0 spiro atoms. The van der Waals surface area contributed by atoms with Crippen LogP contribution in [0.15, 0.2) is 42.6 Å². The number of H-pyrrole nitrogens is 1. The third-order valence-corrected chi connectivity index (χ3v) is 7.65. The molecule has 2 aliphatic rings. The molecule has 8 heteroatoms. The number of pyridine rings is 1. The van der Waals surface area contributed by atoms with E-state index in [2.05, 4.69) is 39.2 Å². The van der Waals surface area contributed by atoms with Crippen molar-refractivity contribution in [3.8, 4) is 22.6 Å². The molecule has 1 fully saturated rings. The zero-order valence-electron chi connectivity index (χ0n) is 18.5. The first kappa shape index (κ1) is 20.1. The number of fused-ring (bicyclic) bond motifs is 5. The van der Waals surface area contributed by atoms with Gasteiger partial charge < -0.3 is 0 Å². The second-order valence-corrected chi connectivity index (χ2v) is 9.52. The predicted molar refractivity (Wildman–Crippen MR) is 118 cm³/mol. The van der Waals surface area contributed by atoms with Gasteiger partial charge in [0.15, 0.2) is 5.82 Å². The lowest BCUT2D eigenvalue weighted by Crippen LogP contribution is -2.37. The quantitative estimate of drug-likeness (QED) is 0.475. The van der Waals surface area contributed by atoms with Gasteiger partial charge in [0.2, 0.25) is 0 Å². The van der Waals surface area contributed by atoms with Crippen LogP contribution >= 0.6 is 0 Å². The van der Waals surface area contributed by atoms with E-state index in [0.29, 0.717) is 5.82 Å². The van der Waals surface area contributed by atoms with Crippen molar-refractivity contribution in [1.29, 1.82) is 0 Å². The molecule has 0 amide bonds. The van der Waals surface area contributed by atoms with E-state index in [9.17, 15) is 8.78 Å². The Balaban J connectivity index is 1.53. The van der Waals surface area contributed by atoms with Crippen molar-refractivity contribution in [2.75, 3.05) is 0 Å². The van der Waals surface area contributed by atoms with Gasteiger partial charge in [-0.25, -0.2) is 13.8 Å². The monoisotopic (exact) mass is 444 g/mol. The first-order valence-corrected chi connectivity index (χ1v) is 11.0. The summed E-state index contributed by atoms with van der Waals surface area (Å²) in [4.78, 5) is 9.23. The van der Waals surface area contributed by atoms with Crippen molar-refractivity contribution >= 4 is 0 Å². The van der Waals surface area contributed by atoms with Gasteiger partial charge in [0.05, 0.1) is 28.1 Å². The Kier molecular flexibility index (Phi) is 4.09. The fraction of sp³-hybridized carbons (Fsp3) is 0.320. The molecule has 1 aromatic carbocycles. The Morgan fingerprint density at radius 2 is 1.85 bits per heavy atom. The molecule has 3 heterocycles. The first-order valence-electron chi connectivity index (χ1n) is 11.0. The largest absolute Gasteiger partial charge is 0.263 e. The van der Waals surface area contributed by atoms with Crippen LogP contribution in [0, 0.1) is 24.0 Å². The molecule has 33 heavy (non-hydrogen) atoms. The lowest BCUT2D eigenvalue weighted by atomic mass is 9.66. The van der Waals surface area contributed by atoms with Gasteiger partial charge in [-0.2, -0.15) is 10.2 Å². The minimum Gasteiger partial charge on any atom is -0.263 e. The van der Waals surface area contributed by atoms with Crippen molar-refractivity contribution in [3.63, 3.8) is 0 Å². The van der Waals surface area contributed by atoms with Crippen molar-refractivity contribution in [2.45, 2.75) is 44.9 Å². The van der Waals surface area contributed by atoms with Crippen LogP contribution in [0.5, 0.6) is 0 Å². The highest BCUT2D eigenvalue weighted by atomic mass is 19.1. The summed E-state index contributed by atoms with van der Waals surface area (Å²) in [7, 11) is 0. The Hall–Kier alpha value is -3.55. The first-order chi connectivity index (χ1) is 15.8. The zero-order valence-corrected chi connectivity index (χ0v) is 18.5. The summed E-state index contributed by atoms with van der Waals surface area (Å²) < 4.78 is 28.9. The zero-order chi connectivity index (χ0) is 23.0. The maximum atomic E-state index is 14.4. The van der Waals surface area contributed by atoms with Crippen LogP contribution in [0.1, 0.15) is 55.4 Å². The molecule has 166 valence electrons. The molecule has 6 nitrogen and oxygen atoms in total. The van der Waals surface area contributed by atoms with Gasteiger partial charge >= 0.3 is 0 Å². The molecular weight excluding hydrogens is 422 g/mol.